The highest BCUT2D eigenvalue weighted by Gasteiger charge is 2.39. The van der Waals surface area contributed by atoms with E-state index in [1.54, 1.807) is 0 Å². The number of hydrogen-bond acceptors (Lipinski definition) is 5. The number of alkyl halides is 3. The van der Waals surface area contributed by atoms with Crippen molar-refractivity contribution in [3.8, 4) is 0 Å². The topological polar surface area (TPSA) is 72.9 Å². The standard InChI is InChI=1S/C17H14F3NO5S/c1-25-16(22)11-10-13-6-5-9-15(12-13)27(23,24)21(26-17(18,19)20)14-7-3-2-4-8-14/h2-12H,1H3. The Morgan fingerprint density at radius 1 is 1.07 bits per heavy atom. The predicted molar refractivity (Wildman–Crippen MR) is 90.7 cm³/mol. The van der Waals surface area contributed by atoms with Crippen LogP contribution in [0.25, 0.3) is 6.08 Å². The lowest BCUT2D eigenvalue weighted by Gasteiger charge is -2.24. The van der Waals surface area contributed by atoms with E-state index in [2.05, 4.69) is 9.57 Å². The number of nitrogens with zero attached hydrogens (tertiary/aromatic N) is 1. The van der Waals surface area contributed by atoms with Gasteiger partial charge in [-0.25, -0.2) is 4.79 Å². The van der Waals surface area contributed by atoms with Crippen molar-refractivity contribution in [1.82, 2.24) is 0 Å². The summed E-state index contributed by atoms with van der Waals surface area (Å²) in [6.45, 7) is 0. The van der Waals surface area contributed by atoms with Gasteiger partial charge in [0.25, 0.3) is 10.0 Å². The first-order chi connectivity index (χ1) is 12.6. The van der Waals surface area contributed by atoms with Crippen LogP contribution in [-0.2, 0) is 24.4 Å². The average Bonchev–Trinajstić information content (AvgIpc) is 2.64. The zero-order valence-corrected chi connectivity index (χ0v) is 14.7. The molecule has 0 aliphatic carbocycles. The molecular weight excluding hydrogens is 387 g/mol. The average molecular weight is 401 g/mol. The number of anilines is 1. The minimum absolute atomic E-state index is 0.198. The smallest absolute Gasteiger partial charge is 0.466 e. The number of rotatable bonds is 6. The van der Waals surface area contributed by atoms with Gasteiger partial charge in [-0.2, -0.15) is 13.3 Å². The lowest BCUT2D eigenvalue weighted by Crippen LogP contribution is -2.36. The number of sulfonamides is 1. The Hall–Kier alpha value is -2.85. The molecule has 6 nitrogen and oxygen atoms in total. The Labute approximate surface area is 153 Å². The van der Waals surface area contributed by atoms with Gasteiger partial charge in [0.1, 0.15) is 0 Å². The van der Waals surface area contributed by atoms with Gasteiger partial charge in [-0.3, -0.25) is 0 Å². The Kier molecular flexibility index (Phi) is 6.24. The molecular formula is C17H14F3NO5S. The Morgan fingerprint density at radius 3 is 2.33 bits per heavy atom. The van der Waals surface area contributed by atoms with Crippen LogP contribution in [0, 0.1) is 0 Å². The molecule has 144 valence electrons. The SMILES string of the molecule is COC(=O)C=Cc1cccc(S(=O)(=O)N(OC(F)(F)F)c2ccccc2)c1. The van der Waals surface area contributed by atoms with Gasteiger partial charge in [0.2, 0.25) is 0 Å². The third kappa shape index (κ3) is 5.56. The first kappa shape index (κ1) is 20.5. The van der Waals surface area contributed by atoms with Crippen LogP contribution in [-0.4, -0.2) is 27.9 Å². The molecule has 2 aromatic carbocycles. The number of carbonyl (C=O) groups excluding carboxylic acids is 1. The lowest BCUT2D eigenvalue weighted by molar-refractivity contribution is -0.322. The van der Waals surface area contributed by atoms with Crippen molar-refractivity contribution >= 4 is 27.8 Å². The number of hydrogen-bond donors (Lipinski definition) is 0. The first-order valence-electron chi connectivity index (χ1n) is 7.36. The maximum absolute atomic E-state index is 12.8. The Morgan fingerprint density at radius 2 is 1.74 bits per heavy atom. The number of esters is 1. The third-order valence-corrected chi connectivity index (χ3v) is 4.71. The second-order valence-electron chi connectivity index (χ2n) is 5.03. The van der Waals surface area contributed by atoms with E-state index in [0.717, 1.165) is 30.3 Å². The van der Waals surface area contributed by atoms with Gasteiger partial charge in [0.05, 0.1) is 17.7 Å². The number of halogens is 3. The summed E-state index contributed by atoms with van der Waals surface area (Å²) in [5.74, 6) is -0.672. The molecule has 0 spiro atoms. The molecule has 0 radical (unpaired) electrons. The fourth-order valence-corrected chi connectivity index (χ4v) is 3.30. The minimum atomic E-state index is -5.23. The number of methoxy groups -OCH3 is 1. The summed E-state index contributed by atoms with van der Waals surface area (Å²) in [6.07, 6.45) is -2.92. The summed E-state index contributed by atoms with van der Waals surface area (Å²) in [4.78, 5) is 14.4. The van der Waals surface area contributed by atoms with E-state index in [1.165, 1.54) is 43.5 Å². The van der Waals surface area contributed by atoms with Crippen LogP contribution < -0.4 is 4.47 Å². The Balaban J connectivity index is 2.47. The molecule has 0 aliphatic rings. The monoisotopic (exact) mass is 401 g/mol. The highest BCUT2D eigenvalue weighted by molar-refractivity contribution is 7.92. The maximum Gasteiger partial charge on any atom is 0.544 e. The molecule has 0 amide bonds. The lowest BCUT2D eigenvalue weighted by atomic mass is 10.2. The van der Waals surface area contributed by atoms with Crippen LogP contribution in [0.3, 0.4) is 0 Å². The van der Waals surface area contributed by atoms with Crippen LogP contribution in [0.5, 0.6) is 0 Å². The maximum atomic E-state index is 12.8. The van der Waals surface area contributed by atoms with Crippen LogP contribution in [0.1, 0.15) is 5.56 Å². The van der Waals surface area contributed by atoms with Gasteiger partial charge in [0.15, 0.2) is 0 Å². The highest BCUT2D eigenvalue weighted by atomic mass is 32.2. The molecule has 0 N–H and O–H groups in total. The summed E-state index contributed by atoms with van der Waals surface area (Å²) in [5, 5.41) is 0. The van der Waals surface area contributed by atoms with E-state index in [0.29, 0.717) is 0 Å². The number of benzene rings is 2. The molecule has 2 aromatic rings. The van der Waals surface area contributed by atoms with Gasteiger partial charge >= 0.3 is 12.3 Å². The zero-order valence-electron chi connectivity index (χ0n) is 13.9. The first-order valence-corrected chi connectivity index (χ1v) is 8.80. The molecule has 0 fully saturated rings. The normalized spacial score (nSPS) is 12.1. The minimum Gasteiger partial charge on any atom is -0.466 e. The summed E-state index contributed by atoms with van der Waals surface area (Å²) < 4.78 is 68.0. The fraction of sp³-hybridized carbons (Fsp3) is 0.118. The summed E-state index contributed by atoms with van der Waals surface area (Å²) in [5.41, 5.74) is -0.0631. The van der Waals surface area contributed by atoms with E-state index in [4.69, 9.17) is 0 Å². The molecule has 0 aliphatic heterocycles. The number of ether oxygens (including phenoxy) is 1. The van der Waals surface area contributed by atoms with Gasteiger partial charge in [-0.1, -0.05) is 30.3 Å². The van der Waals surface area contributed by atoms with Gasteiger partial charge in [-0.15, -0.1) is 17.6 Å². The summed E-state index contributed by atoms with van der Waals surface area (Å²) >= 11 is 0. The van der Waals surface area contributed by atoms with Crippen LogP contribution in [0.4, 0.5) is 18.9 Å². The van der Waals surface area contributed by atoms with E-state index in [-0.39, 0.29) is 15.7 Å². The van der Waals surface area contributed by atoms with Crippen molar-refractivity contribution in [3.63, 3.8) is 0 Å². The molecule has 0 atom stereocenters. The van der Waals surface area contributed by atoms with Crippen molar-refractivity contribution < 1.29 is 36.0 Å². The molecule has 0 heterocycles. The second kappa shape index (κ2) is 8.23. The van der Waals surface area contributed by atoms with Crippen LogP contribution in [0.2, 0.25) is 0 Å². The molecule has 10 heteroatoms. The van der Waals surface area contributed by atoms with E-state index >= 15 is 0 Å². The fourth-order valence-electron chi connectivity index (χ4n) is 1.99. The molecule has 0 saturated carbocycles. The quantitative estimate of drug-likeness (QED) is 0.421. The number of carbonyl (C=O) groups is 1. The number of para-hydroxylation sites is 1. The van der Waals surface area contributed by atoms with Gasteiger partial charge in [-0.05, 0) is 35.9 Å². The molecule has 0 saturated heterocycles. The molecule has 2 rings (SSSR count). The van der Waals surface area contributed by atoms with Crippen LogP contribution in [0.15, 0.2) is 65.6 Å². The van der Waals surface area contributed by atoms with Crippen molar-refractivity contribution in [1.29, 1.82) is 0 Å². The van der Waals surface area contributed by atoms with Gasteiger partial charge in [0, 0.05) is 6.08 Å². The van der Waals surface area contributed by atoms with Gasteiger partial charge < -0.3 is 4.74 Å². The van der Waals surface area contributed by atoms with Crippen LogP contribution >= 0.6 is 0 Å². The van der Waals surface area contributed by atoms with E-state index < -0.39 is 27.3 Å². The summed E-state index contributed by atoms with van der Waals surface area (Å²) in [7, 11) is -3.55. The molecule has 0 unspecified atom stereocenters. The van der Waals surface area contributed by atoms with Crippen molar-refractivity contribution in [2.75, 3.05) is 11.6 Å². The second-order valence-corrected chi connectivity index (χ2v) is 6.79. The molecule has 27 heavy (non-hydrogen) atoms. The third-order valence-electron chi connectivity index (χ3n) is 3.14. The Bertz CT molecular complexity index is 927. The van der Waals surface area contributed by atoms with Crippen molar-refractivity contribution in [2.45, 2.75) is 11.3 Å². The van der Waals surface area contributed by atoms with Crippen molar-refractivity contribution in [2.24, 2.45) is 0 Å². The van der Waals surface area contributed by atoms with E-state index in [1.807, 2.05) is 0 Å². The molecule has 0 aromatic heterocycles. The molecule has 0 bridgehead atoms. The largest absolute Gasteiger partial charge is 0.544 e. The zero-order chi connectivity index (χ0) is 20.1. The highest BCUT2D eigenvalue weighted by Crippen LogP contribution is 2.30. The predicted octanol–water partition coefficient (Wildman–Crippen LogP) is 3.52. The van der Waals surface area contributed by atoms with Crippen molar-refractivity contribution in [3.05, 3.63) is 66.2 Å². The van der Waals surface area contributed by atoms with E-state index in [9.17, 15) is 26.4 Å². The summed E-state index contributed by atoms with van der Waals surface area (Å²) in [6, 6.07) is 11.6.